The number of thioether (sulfide) groups is 1. The molecule has 0 aliphatic carbocycles. The molecule has 0 radical (unpaired) electrons. The molecular formula is C18H13F2N3O2S. The zero-order valence-corrected chi connectivity index (χ0v) is 14.1. The number of halogens is 2. The smallest absolute Gasteiger partial charge is 0.288 e. The molecule has 0 saturated carbocycles. The quantitative estimate of drug-likeness (QED) is 0.395. The predicted octanol–water partition coefficient (Wildman–Crippen LogP) is 4.42. The summed E-state index contributed by atoms with van der Waals surface area (Å²) in [5.74, 6) is -1.79. The van der Waals surface area contributed by atoms with Crippen LogP contribution in [0.1, 0.15) is 16.1 Å². The van der Waals surface area contributed by atoms with Crippen LogP contribution in [0, 0.1) is 0 Å². The van der Waals surface area contributed by atoms with Gasteiger partial charge in [-0.15, -0.1) is 0 Å². The highest BCUT2D eigenvalue weighted by Crippen LogP contribution is 2.28. The van der Waals surface area contributed by atoms with Crippen molar-refractivity contribution in [3.05, 3.63) is 72.2 Å². The van der Waals surface area contributed by atoms with E-state index in [2.05, 4.69) is 15.5 Å². The van der Waals surface area contributed by atoms with Crippen molar-refractivity contribution >= 4 is 23.9 Å². The van der Waals surface area contributed by atoms with E-state index in [0.29, 0.717) is 33.7 Å². The molecule has 0 unspecified atom stereocenters. The topological polar surface area (TPSA) is 67.5 Å². The number of hydrogen-bond acceptors (Lipinski definition) is 5. The summed E-state index contributed by atoms with van der Waals surface area (Å²) in [4.78, 5) is 16.1. The lowest BCUT2D eigenvalue weighted by Gasteiger charge is -2.01. The van der Waals surface area contributed by atoms with E-state index in [1.807, 2.05) is 0 Å². The van der Waals surface area contributed by atoms with Crippen LogP contribution in [-0.4, -0.2) is 22.9 Å². The zero-order valence-electron chi connectivity index (χ0n) is 13.3. The molecule has 2 aromatic heterocycles. The zero-order chi connectivity index (χ0) is 18.4. The number of nitrogens with zero attached hydrogens (tertiary/aromatic N) is 2. The second-order valence-electron chi connectivity index (χ2n) is 5.04. The first-order chi connectivity index (χ1) is 12.6. The van der Waals surface area contributed by atoms with Gasteiger partial charge < -0.3 is 4.42 Å². The predicted molar refractivity (Wildman–Crippen MR) is 95.3 cm³/mol. The highest BCUT2D eigenvalue weighted by Gasteiger charge is 2.07. The second-order valence-corrected chi connectivity index (χ2v) is 6.10. The molecule has 26 heavy (non-hydrogen) atoms. The van der Waals surface area contributed by atoms with Gasteiger partial charge in [0.15, 0.2) is 0 Å². The molecule has 0 spiro atoms. The molecule has 1 aromatic carbocycles. The average Bonchev–Trinajstić information content (AvgIpc) is 3.11. The van der Waals surface area contributed by atoms with Crippen LogP contribution in [0.25, 0.3) is 11.3 Å². The molecule has 132 valence electrons. The van der Waals surface area contributed by atoms with Crippen LogP contribution < -0.4 is 5.43 Å². The number of aromatic nitrogens is 1. The number of benzene rings is 1. The molecular weight excluding hydrogens is 360 g/mol. The monoisotopic (exact) mass is 373 g/mol. The fourth-order valence-corrected chi connectivity index (χ4v) is 2.60. The van der Waals surface area contributed by atoms with E-state index < -0.39 is 5.76 Å². The molecule has 1 N–H and O–H groups in total. The summed E-state index contributed by atoms with van der Waals surface area (Å²) >= 11 is 0.490. The normalized spacial score (nSPS) is 11.2. The van der Waals surface area contributed by atoms with E-state index in [0.717, 1.165) is 5.56 Å². The Morgan fingerprint density at radius 2 is 1.85 bits per heavy atom. The van der Waals surface area contributed by atoms with Crippen LogP contribution >= 0.6 is 11.8 Å². The summed E-state index contributed by atoms with van der Waals surface area (Å²) in [5.41, 5.74) is 3.59. The van der Waals surface area contributed by atoms with E-state index >= 15 is 0 Å². The summed E-state index contributed by atoms with van der Waals surface area (Å²) in [6.07, 6.45) is 4.41. The Morgan fingerprint density at radius 1 is 1.12 bits per heavy atom. The Kier molecular flexibility index (Phi) is 5.75. The number of pyridine rings is 1. The minimum absolute atomic E-state index is 0.359. The van der Waals surface area contributed by atoms with Gasteiger partial charge in [-0.25, -0.2) is 5.43 Å². The first-order valence-corrected chi connectivity index (χ1v) is 8.38. The van der Waals surface area contributed by atoms with Crippen LogP contribution in [0.5, 0.6) is 0 Å². The van der Waals surface area contributed by atoms with E-state index in [1.54, 1.807) is 48.5 Å². The second kappa shape index (κ2) is 8.39. The summed E-state index contributed by atoms with van der Waals surface area (Å²) in [5, 5.41) is 3.85. The van der Waals surface area contributed by atoms with Gasteiger partial charge in [-0.05, 0) is 36.4 Å². The number of amides is 1. The van der Waals surface area contributed by atoms with Crippen molar-refractivity contribution < 1.29 is 18.0 Å². The molecule has 1 amide bonds. The number of hydrogen-bond donors (Lipinski definition) is 1. The number of hydrazone groups is 1. The van der Waals surface area contributed by atoms with Gasteiger partial charge in [0.25, 0.3) is 11.7 Å². The summed E-state index contributed by atoms with van der Waals surface area (Å²) in [6.45, 7) is 0. The van der Waals surface area contributed by atoms with E-state index in [-0.39, 0.29) is 5.91 Å². The molecule has 0 aliphatic heterocycles. The SMILES string of the molecule is O=C(N/N=C/c1ccc(-c2ccc(SC(F)F)cc2)o1)c1ccncc1. The Hall–Kier alpha value is -3.00. The highest BCUT2D eigenvalue weighted by molar-refractivity contribution is 7.99. The third-order valence-electron chi connectivity index (χ3n) is 3.29. The number of carbonyl (C=O) groups is 1. The first kappa shape index (κ1) is 17.8. The lowest BCUT2D eigenvalue weighted by Crippen LogP contribution is -2.17. The van der Waals surface area contributed by atoms with Gasteiger partial charge in [0.1, 0.15) is 11.5 Å². The number of furan rings is 1. The van der Waals surface area contributed by atoms with Crippen molar-refractivity contribution in [2.75, 3.05) is 0 Å². The Balaban J connectivity index is 1.61. The van der Waals surface area contributed by atoms with Crippen molar-refractivity contribution in [2.24, 2.45) is 5.10 Å². The minimum Gasteiger partial charge on any atom is -0.455 e. The Bertz CT molecular complexity index is 896. The largest absolute Gasteiger partial charge is 0.455 e. The molecule has 2 heterocycles. The lowest BCUT2D eigenvalue weighted by atomic mass is 10.2. The first-order valence-electron chi connectivity index (χ1n) is 7.50. The summed E-state index contributed by atoms with van der Waals surface area (Å²) < 4.78 is 30.3. The van der Waals surface area contributed by atoms with Gasteiger partial charge in [0.05, 0.1) is 6.21 Å². The molecule has 5 nitrogen and oxygen atoms in total. The number of rotatable bonds is 6. The fourth-order valence-electron chi connectivity index (χ4n) is 2.10. The molecule has 8 heteroatoms. The number of nitrogens with one attached hydrogen (secondary N) is 1. The minimum atomic E-state index is -2.45. The van der Waals surface area contributed by atoms with Gasteiger partial charge >= 0.3 is 0 Å². The highest BCUT2D eigenvalue weighted by atomic mass is 32.2. The van der Waals surface area contributed by atoms with Gasteiger partial charge in [-0.3, -0.25) is 9.78 Å². The molecule has 3 rings (SSSR count). The average molecular weight is 373 g/mol. The van der Waals surface area contributed by atoms with Gasteiger partial charge in [0.2, 0.25) is 0 Å². The molecule has 3 aromatic rings. The number of alkyl halides is 2. The molecule has 0 atom stereocenters. The van der Waals surface area contributed by atoms with Crippen LogP contribution in [0.3, 0.4) is 0 Å². The lowest BCUT2D eigenvalue weighted by molar-refractivity contribution is 0.0955. The maximum atomic E-state index is 12.3. The summed E-state index contributed by atoms with van der Waals surface area (Å²) in [7, 11) is 0. The maximum absolute atomic E-state index is 12.3. The van der Waals surface area contributed by atoms with E-state index in [4.69, 9.17) is 4.42 Å². The van der Waals surface area contributed by atoms with Gasteiger partial charge in [-0.2, -0.15) is 13.9 Å². The third-order valence-corrected chi connectivity index (χ3v) is 4.01. The fraction of sp³-hybridized carbons (Fsp3) is 0.0556. The van der Waals surface area contributed by atoms with Crippen molar-refractivity contribution in [2.45, 2.75) is 10.7 Å². The van der Waals surface area contributed by atoms with Gasteiger partial charge in [0, 0.05) is 28.4 Å². The van der Waals surface area contributed by atoms with Crippen LogP contribution in [0.2, 0.25) is 0 Å². The molecule has 0 fully saturated rings. The van der Waals surface area contributed by atoms with Crippen molar-refractivity contribution in [3.8, 4) is 11.3 Å². The summed E-state index contributed by atoms with van der Waals surface area (Å²) in [6, 6.07) is 13.2. The van der Waals surface area contributed by atoms with Crippen LogP contribution in [0.15, 0.2) is 75.3 Å². The Labute approximate surface area is 152 Å². The maximum Gasteiger partial charge on any atom is 0.288 e. The van der Waals surface area contributed by atoms with Crippen molar-refractivity contribution in [3.63, 3.8) is 0 Å². The third kappa shape index (κ3) is 4.76. The van der Waals surface area contributed by atoms with Gasteiger partial charge in [-0.1, -0.05) is 23.9 Å². The standard InChI is InChI=1S/C18H13F2N3O2S/c19-18(20)26-15-4-1-12(2-5-15)16-6-3-14(25-16)11-22-23-17(24)13-7-9-21-10-8-13/h1-11,18H,(H,23,24)/b22-11+. The molecule has 0 bridgehead atoms. The Morgan fingerprint density at radius 3 is 2.54 bits per heavy atom. The molecule has 0 aliphatic rings. The van der Waals surface area contributed by atoms with Crippen LogP contribution in [0.4, 0.5) is 8.78 Å². The number of carbonyl (C=O) groups excluding carboxylic acids is 1. The van der Waals surface area contributed by atoms with Crippen LogP contribution in [-0.2, 0) is 0 Å². The van der Waals surface area contributed by atoms with Crippen molar-refractivity contribution in [1.82, 2.24) is 10.4 Å². The molecule has 0 saturated heterocycles. The van der Waals surface area contributed by atoms with Crippen molar-refractivity contribution in [1.29, 1.82) is 0 Å². The van der Waals surface area contributed by atoms with E-state index in [1.165, 1.54) is 18.6 Å². The van der Waals surface area contributed by atoms with E-state index in [9.17, 15) is 13.6 Å².